The van der Waals surface area contributed by atoms with E-state index in [1.807, 2.05) is 0 Å². The fourth-order valence-corrected chi connectivity index (χ4v) is 7.28. The van der Waals surface area contributed by atoms with Crippen LogP contribution in [0, 0.1) is 11.8 Å². The van der Waals surface area contributed by atoms with Crippen molar-refractivity contribution in [1.82, 2.24) is 0 Å². The Morgan fingerprint density at radius 2 is 0.600 bits per heavy atom. The van der Waals surface area contributed by atoms with Gasteiger partial charge in [-0.2, -0.15) is 0 Å². The molecule has 0 bridgehead atoms. The lowest BCUT2D eigenvalue weighted by atomic mass is 10.0. The molecule has 0 N–H and O–H groups in total. The van der Waals surface area contributed by atoms with Gasteiger partial charge in [0.15, 0.2) is 6.10 Å². The van der Waals surface area contributed by atoms with E-state index in [4.69, 9.17) is 14.2 Å². The van der Waals surface area contributed by atoms with Crippen LogP contribution in [0.3, 0.4) is 0 Å². The molecule has 326 valence electrons. The zero-order chi connectivity index (χ0) is 40.5. The highest BCUT2D eigenvalue weighted by atomic mass is 16.6. The summed E-state index contributed by atoms with van der Waals surface area (Å²) in [6.07, 6.45) is 41.0. The third-order valence-corrected chi connectivity index (χ3v) is 11.0. The van der Waals surface area contributed by atoms with E-state index in [1.54, 1.807) is 0 Å². The van der Waals surface area contributed by atoms with Crippen LogP contribution < -0.4 is 0 Å². The average molecular weight is 779 g/mol. The predicted molar refractivity (Wildman–Crippen MR) is 233 cm³/mol. The molecule has 0 saturated heterocycles. The van der Waals surface area contributed by atoms with E-state index < -0.39 is 6.10 Å². The van der Waals surface area contributed by atoms with Crippen LogP contribution >= 0.6 is 0 Å². The normalized spacial score (nSPS) is 12.1. The Morgan fingerprint density at radius 1 is 0.345 bits per heavy atom. The van der Waals surface area contributed by atoms with Gasteiger partial charge in [-0.05, 0) is 31.1 Å². The van der Waals surface area contributed by atoms with Gasteiger partial charge >= 0.3 is 17.9 Å². The zero-order valence-electron chi connectivity index (χ0n) is 37.6. The summed E-state index contributed by atoms with van der Waals surface area (Å²) in [6.45, 7) is 11.3. The minimum absolute atomic E-state index is 0.0649. The summed E-state index contributed by atoms with van der Waals surface area (Å²) in [5.41, 5.74) is 0. The van der Waals surface area contributed by atoms with Gasteiger partial charge in [0.05, 0.1) is 0 Å². The Labute approximate surface area is 342 Å². The first-order chi connectivity index (χ1) is 26.7. The summed E-state index contributed by atoms with van der Waals surface area (Å²) in [5, 5.41) is 0. The summed E-state index contributed by atoms with van der Waals surface area (Å²) >= 11 is 0. The minimum atomic E-state index is -0.761. The van der Waals surface area contributed by atoms with Gasteiger partial charge in [0, 0.05) is 19.3 Å². The van der Waals surface area contributed by atoms with Crippen LogP contribution in [0.1, 0.15) is 266 Å². The Balaban J connectivity index is 4.29. The van der Waals surface area contributed by atoms with Crippen LogP contribution in [0.2, 0.25) is 0 Å². The fourth-order valence-electron chi connectivity index (χ4n) is 7.28. The van der Waals surface area contributed by atoms with Crippen LogP contribution in [-0.2, 0) is 28.6 Å². The fraction of sp³-hybridized carbons (Fsp3) is 0.939. The number of carbonyl (C=O) groups is 3. The van der Waals surface area contributed by atoms with Gasteiger partial charge in [0.2, 0.25) is 0 Å². The Bertz CT molecular complexity index is 839. The first-order valence-corrected chi connectivity index (χ1v) is 24.2. The van der Waals surface area contributed by atoms with Gasteiger partial charge < -0.3 is 14.2 Å². The summed E-state index contributed by atoms with van der Waals surface area (Å²) in [7, 11) is 0. The van der Waals surface area contributed by atoms with Crippen molar-refractivity contribution in [3.8, 4) is 0 Å². The number of ether oxygens (including phenoxy) is 3. The molecule has 0 aliphatic heterocycles. The number of rotatable bonds is 43. The third-order valence-electron chi connectivity index (χ3n) is 11.0. The minimum Gasteiger partial charge on any atom is -0.462 e. The summed E-state index contributed by atoms with van der Waals surface area (Å²) < 4.78 is 16.7. The monoisotopic (exact) mass is 779 g/mol. The summed E-state index contributed by atoms with van der Waals surface area (Å²) in [4.78, 5) is 37.8. The van der Waals surface area contributed by atoms with E-state index in [2.05, 4.69) is 34.6 Å². The molecule has 0 radical (unpaired) electrons. The average Bonchev–Trinajstić information content (AvgIpc) is 3.15. The van der Waals surface area contributed by atoms with Gasteiger partial charge in [-0.3, -0.25) is 14.4 Å². The summed E-state index contributed by atoms with van der Waals surface area (Å²) in [5.74, 6) is 0.744. The molecule has 0 heterocycles. The maximum absolute atomic E-state index is 12.7. The lowest BCUT2D eigenvalue weighted by molar-refractivity contribution is -0.167. The highest BCUT2D eigenvalue weighted by molar-refractivity contribution is 5.71. The van der Waals surface area contributed by atoms with Gasteiger partial charge in [0.25, 0.3) is 0 Å². The molecule has 0 saturated carbocycles. The molecule has 0 aromatic heterocycles. The lowest BCUT2D eigenvalue weighted by Crippen LogP contribution is -2.30. The van der Waals surface area contributed by atoms with Crippen LogP contribution in [-0.4, -0.2) is 37.2 Å². The van der Waals surface area contributed by atoms with E-state index >= 15 is 0 Å². The number of hydrogen-bond acceptors (Lipinski definition) is 6. The molecule has 0 aromatic rings. The Hall–Kier alpha value is -1.59. The molecule has 0 aliphatic carbocycles. The smallest absolute Gasteiger partial charge is 0.306 e. The molecule has 6 heteroatoms. The van der Waals surface area contributed by atoms with Crippen molar-refractivity contribution in [1.29, 1.82) is 0 Å². The second-order valence-electron chi connectivity index (χ2n) is 17.7. The Morgan fingerprint density at radius 3 is 0.891 bits per heavy atom. The second-order valence-corrected chi connectivity index (χ2v) is 17.7. The van der Waals surface area contributed by atoms with E-state index in [0.29, 0.717) is 19.3 Å². The molecule has 0 unspecified atom stereocenters. The molecule has 0 amide bonds. The van der Waals surface area contributed by atoms with E-state index in [9.17, 15) is 14.4 Å². The van der Waals surface area contributed by atoms with Crippen molar-refractivity contribution in [2.45, 2.75) is 272 Å². The molecule has 0 rings (SSSR count). The van der Waals surface area contributed by atoms with Crippen molar-refractivity contribution < 1.29 is 28.6 Å². The number of carbonyl (C=O) groups excluding carboxylic acids is 3. The first kappa shape index (κ1) is 53.4. The molecule has 55 heavy (non-hydrogen) atoms. The number of unbranched alkanes of at least 4 members (excludes halogenated alkanes) is 28. The van der Waals surface area contributed by atoms with Crippen LogP contribution in [0.25, 0.3) is 0 Å². The summed E-state index contributed by atoms with van der Waals surface area (Å²) in [6, 6.07) is 0. The highest BCUT2D eigenvalue weighted by Gasteiger charge is 2.19. The van der Waals surface area contributed by atoms with Gasteiger partial charge in [-0.15, -0.1) is 0 Å². The SMILES string of the molecule is CCCCCCCCCCCCCCC(=O)OC[C@H](COC(=O)CCCCCCCCC(C)C)OC(=O)CCCCCCCCCCCCCCCC(C)C. The van der Waals surface area contributed by atoms with Crippen LogP contribution in [0.5, 0.6) is 0 Å². The van der Waals surface area contributed by atoms with Gasteiger partial charge in [-0.25, -0.2) is 0 Å². The van der Waals surface area contributed by atoms with E-state index in [1.165, 1.54) is 154 Å². The van der Waals surface area contributed by atoms with Crippen molar-refractivity contribution in [3.63, 3.8) is 0 Å². The first-order valence-electron chi connectivity index (χ1n) is 24.2. The maximum atomic E-state index is 12.7. The predicted octanol–water partition coefficient (Wildman–Crippen LogP) is 15.4. The molecule has 0 fully saturated rings. The quantitative estimate of drug-likeness (QED) is 0.0348. The van der Waals surface area contributed by atoms with Crippen molar-refractivity contribution in [2.24, 2.45) is 11.8 Å². The second kappa shape index (κ2) is 42.0. The molecule has 0 aliphatic rings. The van der Waals surface area contributed by atoms with Crippen molar-refractivity contribution in [3.05, 3.63) is 0 Å². The lowest BCUT2D eigenvalue weighted by Gasteiger charge is -2.18. The zero-order valence-corrected chi connectivity index (χ0v) is 37.6. The molecule has 6 nitrogen and oxygen atoms in total. The van der Waals surface area contributed by atoms with Crippen LogP contribution in [0.15, 0.2) is 0 Å². The number of hydrogen-bond donors (Lipinski definition) is 0. The van der Waals surface area contributed by atoms with Gasteiger partial charge in [-0.1, -0.05) is 227 Å². The largest absolute Gasteiger partial charge is 0.462 e. The molecule has 0 aromatic carbocycles. The number of esters is 3. The van der Waals surface area contributed by atoms with E-state index in [-0.39, 0.29) is 31.1 Å². The van der Waals surface area contributed by atoms with Crippen molar-refractivity contribution in [2.75, 3.05) is 13.2 Å². The van der Waals surface area contributed by atoms with E-state index in [0.717, 1.165) is 69.6 Å². The maximum Gasteiger partial charge on any atom is 0.306 e. The Kier molecular flexibility index (Phi) is 40.8. The van der Waals surface area contributed by atoms with Crippen LogP contribution in [0.4, 0.5) is 0 Å². The third kappa shape index (κ3) is 43.4. The molecular weight excluding hydrogens is 685 g/mol. The highest BCUT2D eigenvalue weighted by Crippen LogP contribution is 2.17. The van der Waals surface area contributed by atoms with Crippen molar-refractivity contribution >= 4 is 17.9 Å². The molecular formula is C49H94O6. The molecule has 1 atom stereocenters. The molecule has 0 spiro atoms. The topological polar surface area (TPSA) is 78.9 Å². The van der Waals surface area contributed by atoms with Gasteiger partial charge in [0.1, 0.15) is 13.2 Å². The standard InChI is InChI=1S/C49H94O6/c1-6-7-8-9-10-11-12-17-20-23-29-34-39-47(50)53-42-46(43-54-48(51)40-35-30-26-25-28-33-38-45(4)5)55-49(52)41-36-31-24-21-18-15-13-14-16-19-22-27-32-37-44(2)3/h44-46H,6-43H2,1-5H3/t46-/m1/s1.